The van der Waals surface area contributed by atoms with Crippen molar-refractivity contribution in [2.45, 2.75) is 58.9 Å². The average Bonchev–Trinajstić information content (AvgIpc) is 3.20. The Balaban J connectivity index is 1.76. The van der Waals surface area contributed by atoms with Gasteiger partial charge in [-0.1, -0.05) is 12.1 Å². The molecule has 8 heteroatoms. The second kappa shape index (κ2) is 8.69. The lowest BCUT2D eigenvalue weighted by Crippen LogP contribution is -2.39. The summed E-state index contributed by atoms with van der Waals surface area (Å²) in [5.74, 6) is 1.28. The highest BCUT2D eigenvalue weighted by atomic mass is 16.5. The van der Waals surface area contributed by atoms with Gasteiger partial charge in [0, 0.05) is 31.4 Å². The minimum atomic E-state index is -0.173. The number of amides is 1. The first-order chi connectivity index (χ1) is 14.6. The number of carbonyl (C=O) groups is 1. The van der Waals surface area contributed by atoms with Crippen molar-refractivity contribution in [2.24, 2.45) is 0 Å². The second-order valence-corrected chi connectivity index (χ2v) is 7.72. The van der Waals surface area contributed by atoms with Gasteiger partial charge in [-0.2, -0.15) is 0 Å². The van der Waals surface area contributed by atoms with Crippen LogP contribution >= 0.6 is 0 Å². The standard InChI is InChI=1S/C22H26N6O2/c1-4-7-20-25-12-16(19-10-14(2)27-30-19)21(26-20)18-8-5-6-9-28(18)22(29)17-13-23-15(3)11-24-17/h10-13,18H,4-9H2,1-3H3/t18-/m1/s1. The van der Waals surface area contributed by atoms with Crippen molar-refractivity contribution in [3.8, 4) is 11.3 Å². The molecular weight excluding hydrogens is 380 g/mol. The molecule has 3 aromatic rings. The average molecular weight is 406 g/mol. The fourth-order valence-corrected chi connectivity index (χ4v) is 3.82. The number of hydrogen-bond acceptors (Lipinski definition) is 7. The van der Waals surface area contributed by atoms with Gasteiger partial charge in [-0.25, -0.2) is 15.0 Å². The molecule has 8 nitrogen and oxygen atoms in total. The Bertz CT molecular complexity index is 1030. The molecule has 0 saturated carbocycles. The summed E-state index contributed by atoms with van der Waals surface area (Å²) in [5.41, 5.74) is 3.53. The van der Waals surface area contributed by atoms with Gasteiger partial charge < -0.3 is 9.42 Å². The van der Waals surface area contributed by atoms with E-state index in [1.54, 1.807) is 18.6 Å². The lowest BCUT2D eigenvalue weighted by molar-refractivity contribution is 0.0599. The van der Waals surface area contributed by atoms with Crippen molar-refractivity contribution in [1.82, 2.24) is 30.0 Å². The fourth-order valence-electron chi connectivity index (χ4n) is 3.82. The third kappa shape index (κ3) is 4.08. The van der Waals surface area contributed by atoms with Crippen LogP contribution in [0.2, 0.25) is 0 Å². The molecule has 0 spiro atoms. The maximum absolute atomic E-state index is 13.3. The number of likely N-dealkylation sites (tertiary alicyclic amines) is 1. The van der Waals surface area contributed by atoms with Gasteiger partial charge in [0.15, 0.2) is 5.76 Å². The number of carbonyl (C=O) groups excluding carboxylic acids is 1. The van der Waals surface area contributed by atoms with E-state index in [1.165, 1.54) is 0 Å². The molecule has 0 bridgehead atoms. The molecule has 1 amide bonds. The quantitative estimate of drug-likeness (QED) is 0.634. The Labute approximate surface area is 175 Å². The molecule has 1 fully saturated rings. The van der Waals surface area contributed by atoms with E-state index in [-0.39, 0.29) is 11.9 Å². The van der Waals surface area contributed by atoms with Crippen LogP contribution in [-0.4, -0.2) is 42.4 Å². The van der Waals surface area contributed by atoms with Crippen molar-refractivity contribution in [1.29, 1.82) is 0 Å². The van der Waals surface area contributed by atoms with Gasteiger partial charge >= 0.3 is 0 Å². The fraction of sp³-hybridized carbons (Fsp3) is 0.455. The Hall–Kier alpha value is -3.16. The van der Waals surface area contributed by atoms with Crippen LogP contribution in [0, 0.1) is 13.8 Å². The van der Waals surface area contributed by atoms with Gasteiger partial charge in [0.25, 0.3) is 5.91 Å². The predicted octanol–water partition coefficient (Wildman–Crippen LogP) is 3.86. The monoisotopic (exact) mass is 406 g/mol. The molecule has 0 N–H and O–H groups in total. The SMILES string of the molecule is CCCc1ncc(-c2cc(C)no2)c([C@H]2CCCCN2C(=O)c2cnc(C)cn2)n1. The first-order valence-electron chi connectivity index (χ1n) is 10.5. The van der Waals surface area contributed by atoms with E-state index >= 15 is 0 Å². The first kappa shape index (κ1) is 20.1. The zero-order valence-corrected chi connectivity index (χ0v) is 17.6. The molecule has 156 valence electrons. The number of piperidine rings is 1. The van der Waals surface area contributed by atoms with Gasteiger partial charge in [-0.15, -0.1) is 0 Å². The van der Waals surface area contributed by atoms with Crippen molar-refractivity contribution in [3.05, 3.63) is 53.3 Å². The van der Waals surface area contributed by atoms with E-state index in [4.69, 9.17) is 9.51 Å². The largest absolute Gasteiger partial charge is 0.356 e. The molecule has 0 unspecified atom stereocenters. The molecule has 30 heavy (non-hydrogen) atoms. The summed E-state index contributed by atoms with van der Waals surface area (Å²) in [5, 5.41) is 4.02. The Morgan fingerprint density at radius 1 is 1.13 bits per heavy atom. The Kier molecular flexibility index (Phi) is 5.83. The zero-order chi connectivity index (χ0) is 21.1. The summed E-state index contributed by atoms with van der Waals surface area (Å²) in [6.07, 6.45) is 9.51. The van der Waals surface area contributed by atoms with Crippen LogP contribution < -0.4 is 0 Å². The minimum absolute atomic E-state index is 0.123. The smallest absolute Gasteiger partial charge is 0.274 e. The highest BCUT2D eigenvalue weighted by Crippen LogP contribution is 2.36. The summed E-state index contributed by atoms with van der Waals surface area (Å²) in [6, 6.07) is 1.70. The number of hydrogen-bond donors (Lipinski definition) is 0. The molecule has 4 heterocycles. The van der Waals surface area contributed by atoms with Crippen LogP contribution in [-0.2, 0) is 6.42 Å². The van der Waals surface area contributed by atoms with E-state index in [9.17, 15) is 4.79 Å². The van der Waals surface area contributed by atoms with Crippen molar-refractivity contribution in [3.63, 3.8) is 0 Å². The molecule has 1 aliphatic rings. The number of aromatic nitrogens is 5. The number of rotatable bonds is 5. The summed E-state index contributed by atoms with van der Waals surface area (Å²) in [4.78, 5) is 33.1. The molecule has 1 atom stereocenters. The maximum atomic E-state index is 13.3. The molecule has 0 aliphatic carbocycles. The van der Waals surface area contributed by atoms with Crippen LogP contribution in [0.5, 0.6) is 0 Å². The lowest BCUT2D eigenvalue weighted by atomic mass is 9.95. The van der Waals surface area contributed by atoms with Crippen LogP contribution in [0.15, 0.2) is 29.2 Å². The normalized spacial score (nSPS) is 16.6. The number of aryl methyl sites for hydroxylation is 3. The molecule has 4 rings (SSSR count). The van der Waals surface area contributed by atoms with Gasteiger partial charge in [0.1, 0.15) is 11.5 Å². The second-order valence-electron chi connectivity index (χ2n) is 7.72. The van der Waals surface area contributed by atoms with Gasteiger partial charge in [0.2, 0.25) is 0 Å². The van der Waals surface area contributed by atoms with Crippen LogP contribution in [0.4, 0.5) is 0 Å². The first-order valence-corrected chi connectivity index (χ1v) is 10.5. The van der Waals surface area contributed by atoms with Gasteiger partial charge in [-0.3, -0.25) is 9.78 Å². The maximum Gasteiger partial charge on any atom is 0.274 e. The van der Waals surface area contributed by atoms with Crippen molar-refractivity contribution < 1.29 is 9.32 Å². The van der Waals surface area contributed by atoms with E-state index in [0.717, 1.165) is 60.6 Å². The highest BCUT2D eigenvalue weighted by molar-refractivity contribution is 5.92. The van der Waals surface area contributed by atoms with Crippen LogP contribution in [0.3, 0.4) is 0 Å². The summed E-state index contributed by atoms with van der Waals surface area (Å²) in [7, 11) is 0. The molecular formula is C22H26N6O2. The van der Waals surface area contributed by atoms with E-state index in [0.29, 0.717) is 18.0 Å². The molecule has 1 saturated heterocycles. The minimum Gasteiger partial charge on any atom is -0.356 e. The molecule has 3 aromatic heterocycles. The van der Waals surface area contributed by atoms with E-state index in [2.05, 4.69) is 27.0 Å². The number of nitrogens with zero attached hydrogens (tertiary/aromatic N) is 6. The lowest BCUT2D eigenvalue weighted by Gasteiger charge is -2.35. The van der Waals surface area contributed by atoms with Gasteiger partial charge in [-0.05, 0) is 39.5 Å². The summed E-state index contributed by atoms with van der Waals surface area (Å²) < 4.78 is 5.52. The Morgan fingerprint density at radius 2 is 2.00 bits per heavy atom. The van der Waals surface area contributed by atoms with Crippen molar-refractivity contribution in [2.75, 3.05) is 6.54 Å². The third-order valence-corrected chi connectivity index (χ3v) is 5.31. The van der Waals surface area contributed by atoms with E-state index < -0.39 is 0 Å². The predicted molar refractivity (Wildman–Crippen MR) is 111 cm³/mol. The molecule has 1 aliphatic heterocycles. The molecule has 0 radical (unpaired) electrons. The topological polar surface area (TPSA) is 97.9 Å². The highest BCUT2D eigenvalue weighted by Gasteiger charge is 2.33. The van der Waals surface area contributed by atoms with Gasteiger partial charge in [0.05, 0.1) is 34.9 Å². The van der Waals surface area contributed by atoms with E-state index in [1.807, 2.05) is 24.8 Å². The third-order valence-electron chi connectivity index (χ3n) is 5.31. The summed E-state index contributed by atoms with van der Waals surface area (Å²) >= 11 is 0. The Morgan fingerprint density at radius 3 is 2.70 bits per heavy atom. The van der Waals surface area contributed by atoms with Crippen LogP contribution in [0.1, 0.15) is 72.0 Å². The molecule has 0 aromatic carbocycles. The summed E-state index contributed by atoms with van der Waals surface area (Å²) in [6.45, 7) is 6.49. The van der Waals surface area contributed by atoms with Crippen molar-refractivity contribution >= 4 is 5.91 Å². The zero-order valence-electron chi connectivity index (χ0n) is 17.6. The van der Waals surface area contributed by atoms with Crippen LogP contribution in [0.25, 0.3) is 11.3 Å².